The third-order valence-electron chi connectivity index (χ3n) is 2.74. The molecule has 0 unspecified atom stereocenters. The summed E-state index contributed by atoms with van der Waals surface area (Å²) in [6.45, 7) is 0. The fourth-order valence-corrected chi connectivity index (χ4v) is 1.49. The van der Waals surface area contributed by atoms with Crippen LogP contribution in [0.2, 0.25) is 0 Å². The van der Waals surface area contributed by atoms with Gasteiger partial charge in [-0.3, -0.25) is 8.78 Å². The minimum absolute atomic E-state index is 0. The van der Waals surface area contributed by atoms with Gasteiger partial charge in [0.15, 0.2) is 0 Å². The zero-order valence-electron chi connectivity index (χ0n) is 14.9. The third-order valence-corrected chi connectivity index (χ3v) is 2.74. The van der Waals surface area contributed by atoms with E-state index < -0.39 is 34.9 Å². The summed E-state index contributed by atoms with van der Waals surface area (Å²) in [5.74, 6) is -6.53. The van der Waals surface area contributed by atoms with Crippen LogP contribution in [0, 0.1) is 47.0 Å². The van der Waals surface area contributed by atoms with Crippen LogP contribution < -0.4 is 0 Å². The summed E-state index contributed by atoms with van der Waals surface area (Å²) in [5.41, 5.74) is 0. The van der Waals surface area contributed by atoms with E-state index in [1.807, 2.05) is 60.7 Å². The van der Waals surface area contributed by atoms with Gasteiger partial charge in [0.25, 0.3) is 0 Å². The molecule has 4 rings (SSSR count). The van der Waals surface area contributed by atoms with Crippen molar-refractivity contribution in [3.63, 3.8) is 0 Å². The van der Waals surface area contributed by atoms with E-state index in [0.717, 1.165) is 12.1 Å². The Morgan fingerprint density at radius 1 is 0.517 bits per heavy atom. The molecule has 0 aliphatic heterocycles. The predicted molar refractivity (Wildman–Crippen MR) is 94.4 cm³/mol. The van der Waals surface area contributed by atoms with Gasteiger partial charge in [0.1, 0.15) is 0 Å². The van der Waals surface area contributed by atoms with Crippen molar-refractivity contribution in [2.75, 3.05) is 0 Å². The van der Waals surface area contributed by atoms with Crippen LogP contribution in [0.3, 0.4) is 0 Å². The fraction of sp³-hybridized carbons (Fsp3) is 0. The second-order valence-electron chi connectivity index (χ2n) is 4.86. The fourth-order valence-electron chi connectivity index (χ4n) is 1.49. The molecule has 0 aromatic heterocycles. The van der Waals surface area contributed by atoms with Crippen molar-refractivity contribution >= 4 is 0 Å². The minimum atomic E-state index is -1.28. The molecule has 0 radical (unpaired) electrons. The smallest absolute Gasteiger partial charge is 0.281 e. The second-order valence-corrected chi connectivity index (χ2v) is 4.86. The van der Waals surface area contributed by atoms with Crippen molar-refractivity contribution < 1.29 is 48.1 Å². The zero-order valence-corrected chi connectivity index (χ0v) is 16.4. The topological polar surface area (TPSA) is 0 Å². The monoisotopic (exact) mass is 440 g/mol. The summed E-state index contributed by atoms with van der Waals surface area (Å²) in [6.07, 6.45) is 0. The van der Waals surface area contributed by atoms with Crippen molar-refractivity contribution in [2.45, 2.75) is 0 Å². The van der Waals surface area contributed by atoms with E-state index in [0.29, 0.717) is 12.1 Å². The first-order valence-corrected chi connectivity index (χ1v) is 7.79. The summed E-state index contributed by atoms with van der Waals surface area (Å²) in [6, 6.07) is 26.1. The summed E-state index contributed by atoms with van der Waals surface area (Å²) in [4.78, 5) is 0. The Bertz CT molecular complexity index is 780. The first-order valence-electron chi connectivity index (χ1n) is 7.79. The van der Waals surface area contributed by atoms with E-state index in [2.05, 4.69) is 0 Å². The van der Waals surface area contributed by atoms with Gasteiger partial charge in [-0.15, -0.1) is 36.4 Å². The van der Waals surface area contributed by atoms with Gasteiger partial charge < -0.3 is 0 Å². The summed E-state index contributed by atoms with van der Waals surface area (Å²) in [5, 5.41) is 0. The van der Waals surface area contributed by atoms with Crippen molar-refractivity contribution in [1.82, 2.24) is 0 Å². The molecular weight excluding hydrogens is 426 g/mol. The summed E-state index contributed by atoms with van der Waals surface area (Å²) >= 11 is 0. The third kappa shape index (κ3) is 12.5. The molecule has 0 bridgehead atoms. The minimum Gasteiger partial charge on any atom is -0.281 e. The van der Waals surface area contributed by atoms with Gasteiger partial charge in [0.05, 0.1) is 0 Å². The van der Waals surface area contributed by atoms with Gasteiger partial charge in [-0.1, -0.05) is 0 Å². The van der Waals surface area contributed by atoms with E-state index in [-0.39, 0.29) is 21.7 Å². The van der Waals surface area contributed by atoms with Gasteiger partial charge >= 0.3 is 21.7 Å². The molecule has 7 heteroatoms. The largest absolute Gasteiger partial charge is 4.00 e. The molecule has 4 aromatic carbocycles. The Morgan fingerprint density at radius 2 is 0.828 bits per heavy atom. The Labute approximate surface area is 180 Å². The Hall–Kier alpha value is -2.57. The number of rotatable bonds is 0. The molecule has 0 nitrogen and oxygen atoms in total. The molecule has 0 heterocycles. The molecule has 4 aromatic rings. The van der Waals surface area contributed by atoms with Crippen molar-refractivity contribution in [3.8, 4) is 0 Å². The predicted octanol–water partition coefficient (Wildman–Crippen LogP) is 6.62. The van der Waals surface area contributed by atoms with Gasteiger partial charge in [-0.2, -0.15) is 36.4 Å². The number of hydrogen-bond acceptors (Lipinski definition) is 0. The van der Waals surface area contributed by atoms with Gasteiger partial charge in [0, 0.05) is 34.9 Å². The molecule has 0 fully saturated rings. The number of halogens is 6. The van der Waals surface area contributed by atoms with Crippen LogP contribution in [0.4, 0.5) is 26.3 Å². The van der Waals surface area contributed by atoms with Gasteiger partial charge in [0.2, 0.25) is 0 Å². The molecule has 0 saturated carbocycles. The molecule has 29 heavy (non-hydrogen) atoms. The van der Waals surface area contributed by atoms with Crippen LogP contribution in [-0.4, -0.2) is 0 Å². The van der Waals surface area contributed by atoms with Crippen molar-refractivity contribution in [2.24, 2.45) is 0 Å². The van der Waals surface area contributed by atoms with Crippen LogP contribution in [0.25, 0.3) is 0 Å². The number of benzene rings is 2. The molecule has 148 valence electrons. The Morgan fingerprint density at radius 3 is 1.00 bits per heavy atom. The van der Waals surface area contributed by atoms with Gasteiger partial charge in [-0.25, -0.2) is 41.8 Å². The molecule has 0 amide bonds. The number of hydrogen-bond donors (Lipinski definition) is 0. The molecule has 0 aliphatic carbocycles. The van der Waals surface area contributed by atoms with Crippen LogP contribution >= 0.6 is 0 Å². The standard InChI is InChI=1S/2C6H2F3.2C5H5.Ti/c2*7-4-1-2-5(8)6(9)3-4;2*1-2-4-5-3-1;/h2*1-2H;2*1-5H;/q4*-1;+4. The Kier molecular flexibility index (Phi) is 14.0. The van der Waals surface area contributed by atoms with Crippen LogP contribution in [0.15, 0.2) is 84.9 Å². The molecule has 0 spiro atoms. The summed E-state index contributed by atoms with van der Waals surface area (Å²) in [7, 11) is 0. The summed E-state index contributed by atoms with van der Waals surface area (Å²) < 4.78 is 71.4. The molecule has 0 aliphatic rings. The van der Waals surface area contributed by atoms with Crippen LogP contribution in [0.1, 0.15) is 0 Å². The molecule has 0 saturated heterocycles. The average molecular weight is 440 g/mol. The quantitative estimate of drug-likeness (QED) is 0.125. The molecular formula is C22H14F6Ti. The second kappa shape index (κ2) is 15.4. The van der Waals surface area contributed by atoms with E-state index in [9.17, 15) is 26.3 Å². The van der Waals surface area contributed by atoms with E-state index >= 15 is 0 Å². The zero-order chi connectivity index (χ0) is 20.8. The Balaban J connectivity index is 0.000000369. The first kappa shape index (κ1) is 26.4. The maximum atomic E-state index is 11.9. The van der Waals surface area contributed by atoms with E-state index in [4.69, 9.17) is 0 Å². The van der Waals surface area contributed by atoms with Crippen molar-refractivity contribution in [1.29, 1.82) is 0 Å². The van der Waals surface area contributed by atoms with E-state index in [1.54, 1.807) is 0 Å². The van der Waals surface area contributed by atoms with Crippen molar-refractivity contribution in [3.05, 3.63) is 132 Å². The normalized spacial score (nSPS) is 8.76. The van der Waals surface area contributed by atoms with Crippen LogP contribution in [0.5, 0.6) is 0 Å². The molecule has 0 N–H and O–H groups in total. The van der Waals surface area contributed by atoms with Crippen LogP contribution in [-0.2, 0) is 21.7 Å². The maximum absolute atomic E-state index is 11.9. The SMILES string of the molecule is Fc1[c-]c(F)c(F)cc1.Fc1[c-]c(F)c(F)cc1.[Ti+4].c1cc[cH-]c1.c1cc[cH-]c1. The average Bonchev–Trinajstić information content (AvgIpc) is 3.41. The van der Waals surface area contributed by atoms with E-state index in [1.165, 1.54) is 12.1 Å². The van der Waals surface area contributed by atoms with Gasteiger partial charge in [-0.05, 0) is 0 Å². The molecule has 0 atom stereocenters. The first-order chi connectivity index (χ1) is 13.4. The maximum Gasteiger partial charge on any atom is 4.00 e.